The molecular weight excluding hydrogens is 338 g/mol. The molecule has 1 amide bonds. The predicted molar refractivity (Wildman–Crippen MR) is 93.3 cm³/mol. The molecule has 132 valence electrons. The summed E-state index contributed by atoms with van der Waals surface area (Å²) < 4.78 is 9.23. The summed E-state index contributed by atoms with van der Waals surface area (Å²) in [5.41, 5.74) is 1.91. The number of hydrogen-bond acceptors (Lipinski definition) is 6. The Balaban J connectivity index is 1.97. The maximum absolute atomic E-state index is 12.8. The molecule has 8 nitrogen and oxygen atoms in total. The van der Waals surface area contributed by atoms with E-state index in [1.807, 2.05) is 0 Å². The van der Waals surface area contributed by atoms with Crippen LogP contribution < -0.4 is 5.32 Å². The van der Waals surface area contributed by atoms with E-state index in [1.54, 1.807) is 36.4 Å². The lowest BCUT2D eigenvalue weighted by molar-refractivity contribution is 0.0597. The molecule has 3 aromatic rings. The average molecular weight is 353 g/mol. The topological polar surface area (TPSA) is 110 Å². The predicted octanol–water partition coefficient (Wildman–Crippen LogP) is 2.76. The van der Waals surface area contributed by atoms with Crippen molar-refractivity contribution in [3.63, 3.8) is 0 Å². The number of benzene rings is 2. The van der Waals surface area contributed by atoms with Crippen molar-refractivity contribution in [2.45, 2.75) is 0 Å². The highest BCUT2D eigenvalue weighted by molar-refractivity contribution is 6.15. The van der Waals surface area contributed by atoms with Gasteiger partial charge in [-0.15, -0.1) is 0 Å². The van der Waals surface area contributed by atoms with Gasteiger partial charge in [-0.05, 0) is 24.3 Å². The number of carbonyl (C=O) groups excluding carboxylic acids is 3. The number of aromatic amines is 1. The molecule has 2 aromatic carbocycles. The van der Waals surface area contributed by atoms with Crippen LogP contribution in [0.2, 0.25) is 0 Å². The van der Waals surface area contributed by atoms with Crippen molar-refractivity contribution in [3.05, 3.63) is 59.2 Å². The fourth-order valence-corrected chi connectivity index (χ4v) is 2.48. The number of fused-ring (bicyclic) bond motifs is 1. The minimum atomic E-state index is -0.660. The van der Waals surface area contributed by atoms with E-state index in [4.69, 9.17) is 4.74 Å². The molecule has 0 saturated heterocycles. The molecule has 0 aliphatic rings. The van der Waals surface area contributed by atoms with Gasteiger partial charge in [-0.1, -0.05) is 18.2 Å². The van der Waals surface area contributed by atoms with Gasteiger partial charge < -0.3 is 14.5 Å². The van der Waals surface area contributed by atoms with Crippen LogP contribution in [0.1, 0.15) is 26.3 Å². The van der Waals surface area contributed by atoms with E-state index in [-0.39, 0.29) is 22.9 Å². The first-order valence-electron chi connectivity index (χ1n) is 7.60. The van der Waals surface area contributed by atoms with Crippen LogP contribution in [0.25, 0.3) is 11.0 Å². The molecular formula is C18H15N3O5. The largest absolute Gasteiger partial charge is 0.465 e. The summed E-state index contributed by atoms with van der Waals surface area (Å²) in [6.07, 6.45) is -0.660. The van der Waals surface area contributed by atoms with E-state index in [0.717, 1.165) is 0 Å². The highest BCUT2D eigenvalue weighted by Crippen LogP contribution is 2.20. The first-order valence-corrected chi connectivity index (χ1v) is 7.60. The maximum atomic E-state index is 12.8. The van der Waals surface area contributed by atoms with E-state index in [1.165, 1.54) is 20.3 Å². The number of carbonyl (C=O) groups is 3. The average Bonchev–Trinajstić information content (AvgIpc) is 3.07. The Bertz CT molecular complexity index is 1010. The molecule has 0 unspecified atom stereocenters. The number of nitrogens with zero attached hydrogens (tertiary/aromatic N) is 1. The Hall–Kier alpha value is -3.68. The second-order valence-electron chi connectivity index (χ2n) is 5.30. The third kappa shape index (κ3) is 3.25. The van der Waals surface area contributed by atoms with Gasteiger partial charge in [0.25, 0.3) is 0 Å². The molecule has 0 aliphatic heterocycles. The molecule has 3 rings (SSSR count). The SMILES string of the molecule is COC(=O)Nc1nc2ccc(C(=O)c3ccccc3C(=O)OC)cc2[nH]1. The van der Waals surface area contributed by atoms with Crippen molar-refractivity contribution in [1.29, 1.82) is 0 Å². The van der Waals surface area contributed by atoms with Crippen LogP contribution >= 0.6 is 0 Å². The Morgan fingerprint density at radius 2 is 1.73 bits per heavy atom. The fourth-order valence-electron chi connectivity index (χ4n) is 2.48. The molecule has 0 bridgehead atoms. The van der Waals surface area contributed by atoms with Gasteiger partial charge in [0.2, 0.25) is 5.95 Å². The molecule has 1 heterocycles. The van der Waals surface area contributed by atoms with Crippen LogP contribution in [-0.2, 0) is 9.47 Å². The summed E-state index contributed by atoms with van der Waals surface area (Å²) >= 11 is 0. The van der Waals surface area contributed by atoms with E-state index in [0.29, 0.717) is 16.6 Å². The zero-order valence-electron chi connectivity index (χ0n) is 14.0. The number of rotatable bonds is 4. The Morgan fingerprint density at radius 1 is 1.00 bits per heavy atom. The summed E-state index contributed by atoms with van der Waals surface area (Å²) in [6.45, 7) is 0. The zero-order valence-corrected chi connectivity index (χ0v) is 14.0. The van der Waals surface area contributed by atoms with Gasteiger partial charge in [-0.2, -0.15) is 0 Å². The van der Waals surface area contributed by atoms with Gasteiger partial charge in [-0.25, -0.2) is 14.6 Å². The van der Waals surface area contributed by atoms with Gasteiger partial charge in [0.1, 0.15) is 0 Å². The van der Waals surface area contributed by atoms with Crippen LogP contribution in [0.3, 0.4) is 0 Å². The summed E-state index contributed by atoms with van der Waals surface area (Å²) in [7, 11) is 2.50. The molecule has 2 N–H and O–H groups in total. The van der Waals surface area contributed by atoms with Crippen molar-refractivity contribution in [2.75, 3.05) is 19.5 Å². The van der Waals surface area contributed by atoms with Gasteiger partial charge in [0.15, 0.2) is 5.78 Å². The van der Waals surface area contributed by atoms with E-state index >= 15 is 0 Å². The van der Waals surface area contributed by atoms with Gasteiger partial charge in [0.05, 0.1) is 30.8 Å². The molecule has 0 aliphatic carbocycles. The highest BCUT2D eigenvalue weighted by Gasteiger charge is 2.19. The third-order valence-electron chi connectivity index (χ3n) is 3.73. The van der Waals surface area contributed by atoms with E-state index in [2.05, 4.69) is 20.0 Å². The quantitative estimate of drug-likeness (QED) is 0.551. The number of ether oxygens (including phenoxy) is 2. The second-order valence-corrected chi connectivity index (χ2v) is 5.30. The molecule has 0 radical (unpaired) electrons. The van der Waals surface area contributed by atoms with Gasteiger partial charge >= 0.3 is 12.1 Å². The first-order chi connectivity index (χ1) is 12.5. The third-order valence-corrected chi connectivity index (χ3v) is 3.73. The standard InChI is InChI=1S/C18H15N3O5/c1-25-16(23)12-6-4-3-5-11(12)15(22)10-7-8-13-14(9-10)20-17(19-13)21-18(24)26-2/h3-9H,1-2H3,(H2,19,20,21,24). The Morgan fingerprint density at radius 3 is 2.42 bits per heavy atom. The number of H-pyrrole nitrogens is 1. The minimum absolute atomic E-state index is 0.192. The molecule has 26 heavy (non-hydrogen) atoms. The summed E-state index contributed by atoms with van der Waals surface area (Å²) in [5.74, 6) is -0.711. The van der Waals surface area contributed by atoms with Gasteiger partial charge in [-0.3, -0.25) is 10.1 Å². The van der Waals surface area contributed by atoms with Crippen molar-refractivity contribution in [1.82, 2.24) is 9.97 Å². The van der Waals surface area contributed by atoms with Crippen molar-refractivity contribution < 1.29 is 23.9 Å². The molecule has 0 saturated carbocycles. The molecule has 0 fully saturated rings. The molecule has 0 atom stereocenters. The first kappa shape index (κ1) is 17.2. The van der Waals surface area contributed by atoms with Crippen LogP contribution in [0.5, 0.6) is 0 Å². The van der Waals surface area contributed by atoms with Crippen molar-refractivity contribution >= 4 is 34.8 Å². The van der Waals surface area contributed by atoms with Crippen LogP contribution in [-0.4, -0.2) is 42.0 Å². The number of nitrogens with one attached hydrogen (secondary N) is 2. The van der Waals surface area contributed by atoms with E-state index < -0.39 is 12.1 Å². The number of anilines is 1. The lowest BCUT2D eigenvalue weighted by Crippen LogP contribution is -2.11. The number of amides is 1. The second kappa shape index (κ2) is 7.06. The summed E-state index contributed by atoms with van der Waals surface area (Å²) in [6, 6.07) is 11.3. The normalized spacial score (nSPS) is 10.4. The number of aromatic nitrogens is 2. The number of ketones is 1. The fraction of sp³-hybridized carbons (Fsp3) is 0.111. The summed E-state index contributed by atoms with van der Waals surface area (Å²) in [4.78, 5) is 43.0. The number of imidazole rings is 1. The van der Waals surface area contributed by atoms with E-state index in [9.17, 15) is 14.4 Å². The Labute approximate surface area is 148 Å². The van der Waals surface area contributed by atoms with Crippen LogP contribution in [0, 0.1) is 0 Å². The molecule has 1 aromatic heterocycles. The van der Waals surface area contributed by atoms with Crippen molar-refractivity contribution in [3.8, 4) is 0 Å². The maximum Gasteiger partial charge on any atom is 0.413 e. The van der Waals surface area contributed by atoms with Crippen LogP contribution in [0.4, 0.5) is 10.7 Å². The lowest BCUT2D eigenvalue weighted by atomic mass is 9.98. The smallest absolute Gasteiger partial charge is 0.413 e. The Kier molecular flexibility index (Phi) is 4.66. The zero-order chi connectivity index (χ0) is 18.7. The minimum Gasteiger partial charge on any atom is -0.465 e. The number of methoxy groups -OCH3 is 2. The lowest BCUT2D eigenvalue weighted by Gasteiger charge is -2.07. The number of esters is 1. The monoisotopic (exact) mass is 353 g/mol. The van der Waals surface area contributed by atoms with Crippen LogP contribution in [0.15, 0.2) is 42.5 Å². The highest BCUT2D eigenvalue weighted by atomic mass is 16.5. The van der Waals surface area contributed by atoms with Crippen molar-refractivity contribution in [2.24, 2.45) is 0 Å². The molecule has 0 spiro atoms. The molecule has 8 heteroatoms. The summed E-state index contributed by atoms with van der Waals surface area (Å²) in [5, 5.41) is 2.42. The van der Waals surface area contributed by atoms with Gasteiger partial charge in [0, 0.05) is 11.1 Å². The number of hydrogen-bond donors (Lipinski definition) is 2.